The maximum absolute atomic E-state index is 11.3. The Bertz CT molecular complexity index is 229. The summed E-state index contributed by atoms with van der Waals surface area (Å²) in [5.74, 6) is 7.03. The quantitative estimate of drug-likeness (QED) is 0.547. The molecule has 1 amide bonds. The zero-order chi connectivity index (χ0) is 9.52. The highest BCUT2D eigenvalue weighted by Crippen LogP contribution is 2.19. The first kappa shape index (κ1) is 10.5. The summed E-state index contributed by atoms with van der Waals surface area (Å²) in [5, 5.41) is 3.05. The summed E-state index contributed by atoms with van der Waals surface area (Å²) >= 11 is 1.73. The Morgan fingerprint density at radius 1 is 1.69 bits per heavy atom. The molecule has 0 bridgehead atoms. The second-order valence-electron chi connectivity index (χ2n) is 2.97. The zero-order valence-electron chi connectivity index (χ0n) is 7.93. The van der Waals surface area contributed by atoms with E-state index in [2.05, 4.69) is 17.2 Å². The topological polar surface area (TPSA) is 29.1 Å². The van der Waals surface area contributed by atoms with Gasteiger partial charge >= 0.3 is 0 Å². The number of thioether (sulfide) groups is 1. The fraction of sp³-hybridized carbons (Fsp3) is 0.700. The van der Waals surface area contributed by atoms with E-state index in [9.17, 15) is 4.79 Å². The number of carbonyl (C=O) groups is 1. The molecule has 2 nitrogen and oxygen atoms in total. The van der Waals surface area contributed by atoms with Crippen LogP contribution in [0.2, 0.25) is 0 Å². The van der Waals surface area contributed by atoms with Crippen LogP contribution in [0.4, 0.5) is 0 Å². The molecule has 0 spiro atoms. The Hall–Kier alpha value is -0.620. The minimum atomic E-state index is 0.174. The number of rotatable bonds is 3. The van der Waals surface area contributed by atoms with E-state index >= 15 is 0 Å². The van der Waals surface area contributed by atoms with Crippen LogP contribution in [0.3, 0.4) is 0 Å². The molecule has 1 heterocycles. The summed E-state index contributed by atoms with van der Waals surface area (Å²) in [4.78, 5) is 11.3. The van der Waals surface area contributed by atoms with E-state index in [0.29, 0.717) is 0 Å². The summed E-state index contributed by atoms with van der Waals surface area (Å²) in [6.07, 6.45) is 3.03. The summed E-state index contributed by atoms with van der Waals surface area (Å²) in [6, 6.07) is 0. The average Bonchev–Trinajstić information content (AvgIpc) is 2.15. The Labute approximate surface area is 83.9 Å². The van der Waals surface area contributed by atoms with Crippen molar-refractivity contribution in [1.82, 2.24) is 5.32 Å². The standard InChI is InChI=1S/C10H15NOS/c1-2-3-4-8-13-9-6-5-7-11-10(9)12/h9H,4-8H2,1H3,(H,11,12). The van der Waals surface area contributed by atoms with Gasteiger partial charge in [0.25, 0.3) is 0 Å². The minimum Gasteiger partial charge on any atom is -0.355 e. The molecule has 1 atom stereocenters. The van der Waals surface area contributed by atoms with Gasteiger partial charge in [0.15, 0.2) is 0 Å². The van der Waals surface area contributed by atoms with Crippen LogP contribution in [-0.4, -0.2) is 23.5 Å². The maximum Gasteiger partial charge on any atom is 0.233 e. The Morgan fingerprint density at radius 3 is 3.23 bits per heavy atom. The Kier molecular flexibility index (Phi) is 4.77. The van der Waals surface area contributed by atoms with E-state index in [4.69, 9.17) is 0 Å². The molecule has 1 rings (SSSR count). The van der Waals surface area contributed by atoms with Crippen LogP contribution < -0.4 is 5.32 Å². The highest BCUT2D eigenvalue weighted by atomic mass is 32.2. The van der Waals surface area contributed by atoms with Crippen molar-refractivity contribution in [2.45, 2.75) is 31.4 Å². The second-order valence-corrected chi connectivity index (χ2v) is 4.28. The molecule has 0 aliphatic carbocycles. The van der Waals surface area contributed by atoms with Gasteiger partial charge in [0, 0.05) is 18.7 Å². The van der Waals surface area contributed by atoms with Crippen molar-refractivity contribution in [3.8, 4) is 11.8 Å². The average molecular weight is 197 g/mol. The molecule has 72 valence electrons. The predicted molar refractivity (Wildman–Crippen MR) is 56.6 cm³/mol. The second kappa shape index (κ2) is 5.93. The Morgan fingerprint density at radius 2 is 2.54 bits per heavy atom. The molecule has 1 aliphatic heterocycles. The van der Waals surface area contributed by atoms with Crippen molar-refractivity contribution in [3.05, 3.63) is 0 Å². The molecule has 1 fully saturated rings. The first-order chi connectivity index (χ1) is 6.34. The molecule has 13 heavy (non-hydrogen) atoms. The minimum absolute atomic E-state index is 0.174. The van der Waals surface area contributed by atoms with Gasteiger partial charge in [-0.25, -0.2) is 0 Å². The van der Waals surface area contributed by atoms with Crippen molar-refractivity contribution in [2.24, 2.45) is 0 Å². The molecular weight excluding hydrogens is 182 g/mol. The van der Waals surface area contributed by atoms with E-state index in [0.717, 1.165) is 31.6 Å². The monoisotopic (exact) mass is 197 g/mol. The van der Waals surface area contributed by atoms with Gasteiger partial charge in [0.2, 0.25) is 5.91 Å². The molecule has 1 N–H and O–H groups in total. The van der Waals surface area contributed by atoms with Gasteiger partial charge in [-0.2, -0.15) is 0 Å². The van der Waals surface area contributed by atoms with Gasteiger partial charge in [-0.15, -0.1) is 23.6 Å². The maximum atomic E-state index is 11.3. The molecule has 1 aliphatic rings. The number of amides is 1. The van der Waals surface area contributed by atoms with E-state index in [1.807, 2.05) is 6.92 Å². The molecule has 0 aromatic carbocycles. The van der Waals surface area contributed by atoms with E-state index in [1.165, 1.54) is 0 Å². The fourth-order valence-corrected chi connectivity index (χ4v) is 2.35. The zero-order valence-corrected chi connectivity index (χ0v) is 8.75. The summed E-state index contributed by atoms with van der Waals surface area (Å²) < 4.78 is 0. The third-order valence-electron chi connectivity index (χ3n) is 1.96. The third kappa shape index (κ3) is 3.73. The SMILES string of the molecule is CC#CCCSC1CCCNC1=O. The van der Waals surface area contributed by atoms with Crippen molar-refractivity contribution >= 4 is 17.7 Å². The van der Waals surface area contributed by atoms with E-state index in [1.54, 1.807) is 11.8 Å². The fourth-order valence-electron chi connectivity index (χ4n) is 1.28. The first-order valence-corrected chi connectivity index (χ1v) is 5.68. The van der Waals surface area contributed by atoms with E-state index < -0.39 is 0 Å². The van der Waals surface area contributed by atoms with Crippen LogP contribution in [0.25, 0.3) is 0 Å². The van der Waals surface area contributed by atoms with Crippen molar-refractivity contribution in [1.29, 1.82) is 0 Å². The number of carbonyl (C=O) groups excluding carboxylic acids is 1. The number of hydrogen-bond donors (Lipinski definition) is 1. The molecule has 1 saturated heterocycles. The van der Waals surface area contributed by atoms with Gasteiger partial charge in [-0.05, 0) is 19.8 Å². The Balaban J connectivity index is 2.17. The van der Waals surface area contributed by atoms with Crippen LogP contribution in [-0.2, 0) is 4.79 Å². The lowest BCUT2D eigenvalue weighted by Crippen LogP contribution is -2.38. The lowest BCUT2D eigenvalue weighted by molar-refractivity contribution is -0.121. The van der Waals surface area contributed by atoms with Crippen molar-refractivity contribution in [3.63, 3.8) is 0 Å². The van der Waals surface area contributed by atoms with Gasteiger partial charge in [-0.1, -0.05) is 0 Å². The van der Waals surface area contributed by atoms with Gasteiger partial charge in [0.1, 0.15) is 0 Å². The molecule has 0 aromatic heterocycles. The summed E-state index contributed by atoms with van der Waals surface area (Å²) in [6.45, 7) is 2.70. The van der Waals surface area contributed by atoms with Gasteiger partial charge in [0.05, 0.1) is 5.25 Å². The van der Waals surface area contributed by atoms with E-state index in [-0.39, 0.29) is 11.2 Å². The highest BCUT2D eigenvalue weighted by Gasteiger charge is 2.21. The normalized spacial score (nSPS) is 21.6. The number of nitrogens with one attached hydrogen (secondary N) is 1. The van der Waals surface area contributed by atoms with Crippen molar-refractivity contribution < 1.29 is 4.79 Å². The molecule has 1 unspecified atom stereocenters. The molecule has 3 heteroatoms. The smallest absolute Gasteiger partial charge is 0.233 e. The molecule has 0 radical (unpaired) electrons. The van der Waals surface area contributed by atoms with Crippen molar-refractivity contribution in [2.75, 3.05) is 12.3 Å². The van der Waals surface area contributed by atoms with Gasteiger partial charge < -0.3 is 5.32 Å². The molecular formula is C10H15NOS. The number of hydrogen-bond acceptors (Lipinski definition) is 2. The number of piperidine rings is 1. The van der Waals surface area contributed by atoms with Crippen LogP contribution in [0, 0.1) is 11.8 Å². The highest BCUT2D eigenvalue weighted by molar-refractivity contribution is 8.00. The summed E-state index contributed by atoms with van der Waals surface area (Å²) in [7, 11) is 0. The van der Waals surface area contributed by atoms with Crippen LogP contribution in [0.1, 0.15) is 26.2 Å². The largest absolute Gasteiger partial charge is 0.355 e. The lowest BCUT2D eigenvalue weighted by atomic mass is 10.1. The van der Waals surface area contributed by atoms with Gasteiger partial charge in [-0.3, -0.25) is 4.79 Å². The van der Waals surface area contributed by atoms with Crippen LogP contribution >= 0.6 is 11.8 Å². The van der Waals surface area contributed by atoms with Crippen LogP contribution in [0.15, 0.2) is 0 Å². The molecule has 0 aromatic rings. The molecule has 0 saturated carbocycles. The third-order valence-corrected chi connectivity index (χ3v) is 3.25. The summed E-state index contributed by atoms with van der Waals surface area (Å²) in [5.41, 5.74) is 0. The van der Waals surface area contributed by atoms with Crippen LogP contribution in [0.5, 0.6) is 0 Å². The first-order valence-electron chi connectivity index (χ1n) is 4.63. The predicted octanol–water partition coefficient (Wildman–Crippen LogP) is 1.41. The lowest BCUT2D eigenvalue weighted by Gasteiger charge is -2.20.